The Hall–Kier alpha value is -3.28. The minimum absolute atomic E-state index is 0.0404. The minimum atomic E-state index is -0.495. The van der Waals surface area contributed by atoms with E-state index in [0.29, 0.717) is 22.3 Å². The van der Waals surface area contributed by atoms with E-state index in [1.807, 2.05) is 12.1 Å². The minimum Gasteiger partial charge on any atom is -0.457 e. The monoisotopic (exact) mass is 376 g/mol. The van der Waals surface area contributed by atoms with E-state index >= 15 is 0 Å². The fourth-order valence-corrected chi connectivity index (χ4v) is 3.52. The average molecular weight is 376 g/mol. The van der Waals surface area contributed by atoms with Crippen LogP contribution in [0, 0.1) is 0 Å². The third-order valence-electron chi connectivity index (χ3n) is 5.01. The molecule has 0 saturated carbocycles. The van der Waals surface area contributed by atoms with E-state index in [1.54, 1.807) is 30.3 Å². The summed E-state index contributed by atoms with van der Waals surface area (Å²) in [5.74, 6) is -0.281. The molecule has 1 N–H and O–H groups in total. The number of ketones is 1. The van der Waals surface area contributed by atoms with Crippen molar-refractivity contribution in [3.8, 4) is 0 Å². The van der Waals surface area contributed by atoms with Crippen LogP contribution in [0.15, 0.2) is 47.3 Å². The van der Waals surface area contributed by atoms with Crippen molar-refractivity contribution in [2.45, 2.75) is 32.1 Å². The number of aromatic nitrogens is 2. The summed E-state index contributed by atoms with van der Waals surface area (Å²) in [6, 6.07) is 12.7. The number of fused-ring (bicyclic) bond motifs is 2. The lowest BCUT2D eigenvalue weighted by Crippen LogP contribution is -2.16. The van der Waals surface area contributed by atoms with Crippen LogP contribution in [0.4, 0.5) is 0 Å². The number of carbonyl (C=O) groups excluding carboxylic acids is 2. The van der Waals surface area contributed by atoms with E-state index in [0.717, 1.165) is 19.3 Å². The number of carbonyl (C=O) groups is 2. The molecule has 142 valence electrons. The standard InChI is InChI=1S/C22H20N2O4/c25-19(16-9-8-14-4-3-5-15(14)12-16)13-28-21(26)11-10-20-23-18-7-2-1-6-17(18)22(27)24-20/h1-2,6-9,12H,3-5,10-11,13H2,(H,23,24,27). The molecule has 4 rings (SSSR count). The number of para-hydroxylation sites is 1. The first-order valence-electron chi connectivity index (χ1n) is 9.39. The Kier molecular flexibility index (Phi) is 5.02. The van der Waals surface area contributed by atoms with Gasteiger partial charge in [0, 0.05) is 12.0 Å². The van der Waals surface area contributed by atoms with Gasteiger partial charge in [0.2, 0.25) is 0 Å². The van der Waals surface area contributed by atoms with E-state index in [1.165, 1.54) is 11.1 Å². The Bertz CT molecular complexity index is 1120. The molecule has 1 aromatic heterocycles. The Morgan fingerprint density at radius 2 is 1.89 bits per heavy atom. The zero-order valence-electron chi connectivity index (χ0n) is 15.4. The Morgan fingerprint density at radius 1 is 1.07 bits per heavy atom. The molecule has 0 radical (unpaired) electrons. The smallest absolute Gasteiger partial charge is 0.306 e. The van der Waals surface area contributed by atoms with Crippen LogP contribution < -0.4 is 5.56 Å². The number of hydrogen-bond acceptors (Lipinski definition) is 5. The van der Waals surface area contributed by atoms with E-state index < -0.39 is 5.97 Å². The molecule has 0 saturated heterocycles. The lowest BCUT2D eigenvalue weighted by atomic mass is 10.0. The topological polar surface area (TPSA) is 89.1 Å². The maximum absolute atomic E-state index is 12.3. The third-order valence-corrected chi connectivity index (χ3v) is 5.01. The molecule has 3 aromatic rings. The van der Waals surface area contributed by atoms with Gasteiger partial charge in [0.25, 0.3) is 5.56 Å². The molecule has 0 spiro atoms. The van der Waals surface area contributed by atoms with Gasteiger partial charge in [-0.15, -0.1) is 0 Å². The predicted molar refractivity (Wildman–Crippen MR) is 104 cm³/mol. The highest BCUT2D eigenvalue weighted by Crippen LogP contribution is 2.23. The van der Waals surface area contributed by atoms with Gasteiger partial charge in [0.05, 0.1) is 17.3 Å². The van der Waals surface area contributed by atoms with Crippen LogP contribution in [-0.4, -0.2) is 28.3 Å². The fourth-order valence-electron chi connectivity index (χ4n) is 3.52. The van der Waals surface area contributed by atoms with Gasteiger partial charge in [-0.1, -0.05) is 24.3 Å². The van der Waals surface area contributed by atoms with Crippen LogP contribution in [0.3, 0.4) is 0 Å². The zero-order chi connectivity index (χ0) is 19.5. The second-order valence-corrected chi connectivity index (χ2v) is 6.95. The second kappa shape index (κ2) is 7.76. The van der Waals surface area contributed by atoms with Crippen molar-refractivity contribution in [3.63, 3.8) is 0 Å². The summed E-state index contributed by atoms with van der Waals surface area (Å²) in [5, 5.41) is 0.508. The number of benzene rings is 2. The lowest BCUT2D eigenvalue weighted by Gasteiger charge is -2.06. The van der Waals surface area contributed by atoms with Gasteiger partial charge < -0.3 is 9.72 Å². The average Bonchev–Trinajstić information content (AvgIpc) is 3.18. The molecule has 1 aliphatic rings. The van der Waals surface area contributed by atoms with Crippen molar-refractivity contribution >= 4 is 22.7 Å². The van der Waals surface area contributed by atoms with E-state index in [9.17, 15) is 14.4 Å². The molecule has 0 unspecified atom stereocenters. The summed E-state index contributed by atoms with van der Waals surface area (Å²) < 4.78 is 5.11. The number of aromatic amines is 1. The van der Waals surface area contributed by atoms with Gasteiger partial charge >= 0.3 is 5.97 Å². The number of nitrogens with one attached hydrogen (secondary N) is 1. The summed E-state index contributed by atoms with van der Waals surface area (Å²) in [5.41, 5.74) is 3.44. The summed E-state index contributed by atoms with van der Waals surface area (Å²) in [7, 11) is 0. The van der Waals surface area contributed by atoms with E-state index in [-0.39, 0.29) is 30.8 Å². The van der Waals surface area contributed by atoms with Gasteiger partial charge in [0.1, 0.15) is 5.82 Å². The number of H-pyrrole nitrogens is 1. The van der Waals surface area contributed by atoms with Crippen LogP contribution in [-0.2, 0) is 28.8 Å². The van der Waals surface area contributed by atoms with Gasteiger partial charge in [-0.05, 0) is 48.6 Å². The quantitative estimate of drug-likeness (QED) is 0.528. The van der Waals surface area contributed by atoms with Crippen molar-refractivity contribution in [1.82, 2.24) is 9.97 Å². The molecular weight excluding hydrogens is 356 g/mol. The van der Waals surface area contributed by atoms with Crippen LogP contribution >= 0.6 is 0 Å². The normalized spacial score (nSPS) is 12.7. The Morgan fingerprint density at radius 3 is 2.79 bits per heavy atom. The maximum atomic E-state index is 12.3. The number of ether oxygens (including phenoxy) is 1. The first-order chi connectivity index (χ1) is 13.6. The first kappa shape index (κ1) is 18.1. The van der Waals surface area contributed by atoms with Crippen LogP contribution in [0.2, 0.25) is 0 Å². The highest BCUT2D eigenvalue weighted by molar-refractivity contribution is 5.98. The molecule has 6 heteroatoms. The molecule has 6 nitrogen and oxygen atoms in total. The van der Waals surface area contributed by atoms with Crippen LogP contribution in [0.5, 0.6) is 0 Å². The lowest BCUT2D eigenvalue weighted by molar-refractivity contribution is -0.142. The number of nitrogens with zero attached hydrogens (tertiary/aromatic N) is 1. The fraction of sp³-hybridized carbons (Fsp3) is 0.273. The van der Waals surface area contributed by atoms with Crippen molar-refractivity contribution in [2.75, 3.05) is 6.61 Å². The molecule has 1 heterocycles. The van der Waals surface area contributed by atoms with E-state index in [2.05, 4.69) is 9.97 Å². The van der Waals surface area contributed by atoms with Crippen molar-refractivity contribution in [3.05, 3.63) is 75.3 Å². The highest BCUT2D eigenvalue weighted by Gasteiger charge is 2.15. The SMILES string of the molecule is O=C(CCc1nc2ccccc2c(=O)[nH]1)OCC(=O)c1ccc2c(c1)CCC2. The largest absolute Gasteiger partial charge is 0.457 e. The summed E-state index contributed by atoms with van der Waals surface area (Å²) in [4.78, 5) is 43.3. The van der Waals surface area contributed by atoms with Crippen molar-refractivity contribution in [1.29, 1.82) is 0 Å². The van der Waals surface area contributed by atoms with Crippen molar-refractivity contribution < 1.29 is 14.3 Å². The van der Waals surface area contributed by atoms with Gasteiger partial charge in [-0.2, -0.15) is 0 Å². The Balaban J connectivity index is 1.32. The van der Waals surface area contributed by atoms with Crippen molar-refractivity contribution in [2.24, 2.45) is 0 Å². The molecule has 0 bridgehead atoms. The van der Waals surface area contributed by atoms with Gasteiger partial charge in [0.15, 0.2) is 12.4 Å². The zero-order valence-corrected chi connectivity index (χ0v) is 15.4. The van der Waals surface area contributed by atoms with Gasteiger partial charge in [-0.3, -0.25) is 14.4 Å². The number of hydrogen-bond donors (Lipinski definition) is 1. The second-order valence-electron chi connectivity index (χ2n) is 6.95. The summed E-state index contributed by atoms with van der Waals surface area (Å²) in [6.45, 7) is -0.278. The molecule has 0 atom stereocenters. The highest BCUT2D eigenvalue weighted by atomic mass is 16.5. The summed E-state index contributed by atoms with van der Waals surface area (Å²) in [6.07, 6.45) is 3.45. The maximum Gasteiger partial charge on any atom is 0.306 e. The number of Topliss-reactive ketones (excluding diaryl/α,β-unsaturated/α-hetero) is 1. The first-order valence-corrected chi connectivity index (χ1v) is 9.39. The molecule has 0 fully saturated rings. The molecule has 2 aromatic carbocycles. The molecule has 28 heavy (non-hydrogen) atoms. The number of aryl methyl sites for hydroxylation is 3. The predicted octanol–water partition coefficient (Wildman–Crippen LogP) is 2.77. The number of rotatable bonds is 6. The molecular formula is C22H20N2O4. The molecule has 1 aliphatic carbocycles. The summed E-state index contributed by atoms with van der Waals surface area (Å²) >= 11 is 0. The van der Waals surface area contributed by atoms with Crippen LogP contribution in [0.25, 0.3) is 10.9 Å². The number of esters is 1. The van der Waals surface area contributed by atoms with Crippen LogP contribution in [0.1, 0.15) is 40.2 Å². The van der Waals surface area contributed by atoms with Gasteiger partial charge in [-0.25, -0.2) is 4.98 Å². The Labute approximate surface area is 161 Å². The van der Waals surface area contributed by atoms with E-state index in [4.69, 9.17) is 4.74 Å². The molecule has 0 amide bonds. The molecule has 0 aliphatic heterocycles. The third kappa shape index (κ3) is 3.86.